The van der Waals surface area contributed by atoms with E-state index in [0.717, 1.165) is 12.0 Å². The van der Waals surface area contributed by atoms with E-state index in [2.05, 4.69) is 26.0 Å². The number of fused-ring (bicyclic) bond motifs is 1. The van der Waals surface area contributed by atoms with Crippen molar-refractivity contribution in [2.24, 2.45) is 0 Å². The van der Waals surface area contributed by atoms with Gasteiger partial charge in [0, 0.05) is 26.1 Å². The van der Waals surface area contributed by atoms with Gasteiger partial charge in [-0.05, 0) is 44.0 Å². The molecule has 3 amide bonds. The largest absolute Gasteiger partial charge is 0.477 e. The molecule has 2 aromatic heterocycles. The summed E-state index contributed by atoms with van der Waals surface area (Å²) in [6.07, 6.45) is 1.78. The lowest BCUT2D eigenvalue weighted by Crippen LogP contribution is -2.36. The number of carbonyl (C=O) groups excluding carboxylic acids is 2. The van der Waals surface area contributed by atoms with Crippen molar-refractivity contribution in [3.8, 4) is 11.8 Å². The van der Waals surface area contributed by atoms with Crippen molar-refractivity contribution in [2.45, 2.75) is 83.8 Å². The zero-order valence-corrected chi connectivity index (χ0v) is 25.5. The number of anilines is 1. The van der Waals surface area contributed by atoms with Gasteiger partial charge in [-0.2, -0.15) is 5.10 Å². The minimum Gasteiger partial charge on any atom is -0.477 e. The summed E-state index contributed by atoms with van der Waals surface area (Å²) in [6, 6.07) is 1.08. The third-order valence-electron chi connectivity index (χ3n) is 5.97. The summed E-state index contributed by atoms with van der Waals surface area (Å²) in [5.41, 5.74) is 1.34. The van der Waals surface area contributed by atoms with Crippen molar-refractivity contribution in [2.75, 3.05) is 32.1 Å². The predicted molar refractivity (Wildman–Crippen MR) is 155 cm³/mol. The van der Waals surface area contributed by atoms with Crippen LogP contribution in [0.2, 0.25) is 0 Å². The number of ether oxygens (including phenoxy) is 3. The number of hydrogen-bond donors (Lipinski definition) is 2. The average molecular weight is 579 g/mol. The molecule has 0 bridgehead atoms. The maximum Gasteiger partial charge on any atom is 0.410 e. The van der Waals surface area contributed by atoms with Crippen molar-refractivity contribution < 1.29 is 28.0 Å². The van der Waals surface area contributed by atoms with Gasteiger partial charge < -0.3 is 24.4 Å². The Hall–Kier alpha value is -3.48. The Balaban J connectivity index is 1.77. The molecule has 3 heterocycles. The van der Waals surface area contributed by atoms with Crippen LogP contribution in [0, 0.1) is 0 Å². The van der Waals surface area contributed by atoms with E-state index in [1.54, 1.807) is 17.8 Å². The van der Waals surface area contributed by atoms with E-state index in [0.29, 0.717) is 42.8 Å². The second-order valence-electron chi connectivity index (χ2n) is 11.3. The fourth-order valence-corrected chi connectivity index (χ4v) is 5.10. The third-order valence-corrected chi connectivity index (χ3v) is 7.47. The lowest BCUT2D eigenvalue weighted by molar-refractivity contribution is 0.0277. The molecular weight excluding hydrogens is 536 g/mol. The molecule has 3 rings (SSSR count). The highest BCUT2D eigenvalue weighted by Gasteiger charge is 2.26. The van der Waals surface area contributed by atoms with E-state index in [9.17, 15) is 13.8 Å². The fourth-order valence-electron chi connectivity index (χ4n) is 3.98. The quantitative estimate of drug-likeness (QED) is 0.419. The lowest BCUT2D eigenvalue weighted by Gasteiger charge is -2.25. The van der Waals surface area contributed by atoms with Gasteiger partial charge in [-0.25, -0.2) is 23.5 Å². The summed E-state index contributed by atoms with van der Waals surface area (Å²) in [6.45, 7) is 14.9. The van der Waals surface area contributed by atoms with Gasteiger partial charge in [-0.15, -0.1) is 0 Å². The molecule has 222 valence electrons. The molecule has 0 radical (unpaired) electrons. The summed E-state index contributed by atoms with van der Waals surface area (Å²) in [5.74, 6) is 4.43. The van der Waals surface area contributed by atoms with Crippen LogP contribution in [-0.4, -0.2) is 74.3 Å². The summed E-state index contributed by atoms with van der Waals surface area (Å²) >= 11 is 0. The Kier molecular flexibility index (Phi) is 9.60. The molecule has 2 N–H and O–H groups in total. The molecule has 40 heavy (non-hydrogen) atoms. The highest BCUT2D eigenvalue weighted by molar-refractivity contribution is 7.99. The maximum atomic E-state index is 13.4. The van der Waals surface area contributed by atoms with Crippen LogP contribution in [-0.2, 0) is 21.0 Å². The van der Waals surface area contributed by atoms with Crippen LogP contribution in [0.3, 0.4) is 0 Å². The zero-order chi connectivity index (χ0) is 29.8. The molecule has 2 aromatic rings. The van der Waals surface area contributed by atoms with Gasteiger partial charge in [0.1, 0.15) is 17.1 Å². The number of carbonyl (C=O) groups is 2. The molecule has 1 atom stereocenters. The maximum absolute atomic E-state index is 13.4. The van der Waals surface area contributed by atoms with Gasteiger partial charge in [0.25, 0.3) is 0 Å². The molecule has 0 spiro atoms. The Morgan fingerprint density at radius 1 is 1.25 bits per heavy atom. The van der Waals surface area contributed by atoms with E-state index in [-0.39, 0.29) is 23.3 Å². The van der Waals surface area contributed by atoms with Gasteiger partial charge >= 0.3 is 12.1 Å². The Labute approximate surface area is 236 Å². The SMILES string of the molecule is C=S(=O)(NC(=O)Nc1c(C(C)C)cc(OCCN(C)C(=O)OC(C)(C)C)nc1C(C)C)c1cnn2c1OCCC2. The number of pyridine rings is 1. The molecule has 0 aliphatic carbocycles. The van der Waals surface area contributed by atoms with Crippen molar-refractivity contribution in [1.29, 1.82) is 0 Å². The molecule has 0 aromatic carbocycles. The van der Waals surface area contributed by atoms with Crippen molar-refractivity contribution >= 4 is 33.4 Å². The standard InChI is InChI=1S/C27H42N6O6S/c1-17(2)19-15-21(37-14-12-32(8)26(35)39-27(5,6)7)29-22(18(3)4)23(19)30-25(34)31-40(9,36)20-16-28-33-11-10-13-38-24(20)33/h15-18H,9-14H2,1-8H3,(H2,30,31,34,36). The van der Waals surface area contributed by atoms with E-state index in [4.69, 9.17) is 14.2 Å². The number of aromatic nitrogens is 3. The molecule has 0 saturated carbocycles. The average Bonchev–Trinajstić information content (AvgIpc) is 3.28. The topological polar surface area (TPSA) is 137 Å². The monoisotopic (exact) mass is 578 g/mol. The summed E-state index contributed by atoms with van der Waals surface area (Å²) in [5, 5.41) is 7.06. The van der Waals surface area contributed by atoms with Crippen LogP contribution in [0.15, 0.2) is 17.2 Å². The molecule has 12 nitrogen and oxygen atoms in total. The van der Waals surface area contributed by atoms with Crippen LogP contribution in [0.25, 0.3) is 0 Å². The number of likely N-dealkylation sites (N-methyl/N-ethyl adjacent to an activating group) is 1. The molecule has 0 fully saturated rings. The first-order valence-electron chi connectivity index (χ1n) is 13.4. The first-order chi connectivity index (χ1) is 18.6. The summed E-state index contributed by atoms with van der Waals surface area (Å²) in [4.78, 5) is 31.7. The van der Waals surface area contributed by atoms with E-state index in [1.807, 2.05) is 48.5 Å². The van der Waals surface area contributed by atoms with Crippen LogP contribution in [0.5, 0.6) is 11.8 Å². The molecule has 13 heteroatoms. The highest BCUT2D eigenvalue weighted by atomic mass is 32.2. The van der Waals surface area contributed by atoms with Gasteiger partial charge in [-0.3, -0.25) is 4.72 Å². The third kappa shape index (κ3) is 7.80. The van der Waals surface area contributed by atoms with Gasteiger partial charge in [0.2, 0.25) is 11.8 Å². The normalized spacial score (nSPS) is 14.7. The van der Waals surface area contributed by atoms with Crippen molar-refractivity contribution in [3.63, 3.8) is 0 Å². The smallest absolute Gasteiger partial charge is 0.410 e. The summed E-state index contributed by atoms with van der Waals surface area (Å²) in [7, 11) is -1.61. The minimum absolute atomic E-state index is 0.00258. The van der Waals surface area contributed by atoms with Gasteiger partial charge in [0.05, 0.1) is 40.4 Å². The number of urea groups is 1. The summed E-state index contributed by atoms with van der Waals surface area (Å²) < 4.78 is 34.5. The Morgan fingerprint density at radius 2 is 1.95 bits per heavy atom. The van der Waals surface area contributed by atoms with E-state index in [1.165, 1.54) is 11.1 Å². The minimum atomic E-state index is -3.25. The van der Waals surface area contributed by atoms with Gasteiger partial charge in [0.15, 0.2) is 0 Å². The fraction of sp³-hybridized carbons (Fsp3) is 0.593. The Morgan fingerprint density at radius 3 is 2.58 bits per heavy atom. The lowest BCUT2D eigenvalue weighted by atomic mass is 9.97. The first-order valence-corrected chi connectivity index (χ1v) is 15.1. The number of nitrogens with zero attached hydrogens (tertiary/aromatic N) is 4. The number of aryl methyl sites for hydroxylation is 1. The van der Waals surface area contributed by atoms with Crippen LogP contribution in [0.1, 0.15) is 78.0 Å². The first kappa shape index (κ1) is 31.1. The molecular formula is C27H42N6O6S. The van der Waals surface area contributed by atoms with Crippen LogP contribution >= 0.6 is 0 Å². The van der Waals surface area contributed by atoms with Crippen LogP contribution < -0.4 is 19.5 Å². The zero-order valence-electron chi connectivity index (χ0n) is 24.7. The van der Waals surface area contributed by atoms with E-state index < -0.39 is 27.4 Å². The van der Waals surface area contributed by atoms with Crippen molar-refractivity contribution in [1.82, 2.24) is 24.4 Å². The number of hydrogen-bond acceptors (Lipinski definition) is 8. The number of rotatable bonds is 9. The number of amides is 3. The van der Waals surface area contributed by atoms with Gasteiger partial charge in [-0.1, -0.05) is 27.7 Å². The van der Waals surface area contributed by atoms with E-state index >= 15 is 0 Å². The van der Waals surface area contributed by atoms with Crippen LogP contribution in [0.4, 0.5) is 15.3 Å². The Bertz CT molecular complexity index is 1300. The molecule has 1 aliphatic heterocycles. The highest BCUT2D eigenvalue weighted by Crippen LogP contribution is 2.34. The van der Waals surface area contributed by atoms with Crippen molar-refractivity contribution in [3.05, 3.63) is 23.5 Å². The predicted octanol–water partition coefficient (Wildman–Crippen LogP) is 4.37. The second kappa shape index (κ2) is 12.4. The molecule has 1 unspecified atom stereocenters. The molecule has 0 saturated heterocycles. The molecule has 1 aliphatic rings. The second-order valence-corrected chi connectivity index (χ2v) is 13.3. The number of nitrogens with one attached hydrogen (secondary N) is 2.